The van der Waals surface area contributed by atoms with E-state index in [0.29, 0.717) is 11.8 Å². The summed E-state index contributed by atoms with van der Waals surface area (Å²) in [4.78, 5) is 11.8. The number of H-pyrrole nitrogens is 1. The minimum absolute atomic E-state index is 0.127. The Labute approximate surface area is 104 Å². The van der Waals surface area contributed by atoms with Crippen molar-refractivity contribution in [2.75, 3.05) is 5.75 Å². The fraction of sp³-hybridized carbons (Fsp3) is 0.727. The summed E-state index contributed by atoms with van der Waals surface area (Å²) in [6, 6.07) is 0.445. The highest BCUT2D eigenvalue weighted by molar-refractivity contribution is 7.99. The molecule has 1 aromatic rings. The lowest BCUT2D eigenvalue weighted by Crippen LogP contribution is -2.39. The number of thioether (sulfide) groups is 1. The summed E-state index contributed by atoms with van der Waals surface area (Å²) in [6.07, 6.45) is 6.79. The molecule has 1 heterocycles. The monoisotopic (exact) mass is 252 g/mol. The van der Waals surface area contributed by atoms with Crippen molar-refractivity contribution in [3.05, 3.63) is 6.20 Å². The molecule has 1 amide bonds. The fourth-order valence-electron chi connectivity index (χ4n) is 2.16. The number of nitrogens with zero attached hydrogens (tertiary/aromatic N) is 2. The molecule has 0 atom stereocenters. The second kappa shape index (κ2) is 4.68. The van der Waals surface area contributed by atoms with Crippen LogP contribution in [0.2, 0.25) is 0 Å². The van der Waals surface area contributed by atoms with Crippen LogP contribution in [-0.4, -0.2) is 33.1 Å². The summed E-state index contributed by atoms with van der Waals surface area (Å²) in [5, 5.41) is 14.1. The van der Waals surface area contributed by atoms with E-state index in [4.69, 9.17) is 0 Å². The van der Waals surface area contributed by atoms with Crippen molar-refractivity contribution in [1.82, 2.24) is 20.7 Å². The molecular weight excluding hydrogens is 236 g/mol. The van der Waals surface area contributed by atoms with Crippen LogP contribution in [0, 0.1) is 11.8 Å². The van der Waals surface area contributed by atoms with Gasteiger partial charge in [-0.25, -0.2) is 0 Å². The molecule has 92 valence electrons. The number of nitrogens with one attached hydrogen (secondary N) is 2. The number of rotatable bonds is 6. The van der Waals surface area contributed by atoms with Gasteiger partial charge < -0.3 is 5.32 Å². The van der Waals surface area contributed by atoms with Crippen molar-refractivity contribution < 1.29 is 4.79 Å². The molecule has 3 rings (SSSR count). The van der Waals surface area contributed by atoms with E-state index >= 15 is 0 Å². The Hall–Kier alpha value is -1.04. The van der Waals surface area contributed by atoms with Crippen LogP contribution in [0.4, 0.5) is 0 Å². The number of hydrogen-bond donors (Lipinski definition) is 2. The first-order valence-electron chi connectivity index (χ1n) is 6.11. The number of amides is 1. The molecule has 0 radical (unpaired) electrons. The van der Waals surface area contributed by atoms with E-state index in [1.165, 1.54) is 37.4 Å². The van der Waals surface area contributed by atoms with Crippen LogP contribution in [0.3, 0.4) is 0 Å². The van der Waals surface area contributed by atoms with Crippen LogP contribution in [0.5, 0.6) is 0 Å². The van der Waals surface area contributed by atoms with E-state index in [0.717, 1.165) is 16.9 Å². The van der Waals surface area contributed by atoms with E-state index in [2.05, 4.69) is 20.7 Å². The molecule has 0 bridgehead atoms. The molecule has 2 aliphatic carbocycles. The van der Waals surface area contributed by atoms with Gasteiger partial charge in [0.05, 0.1) is 11.9 Å². The second-order valence-electron chi connectivity index (χ2n) is 4.87. The molecule has 17 heavy (non-hydrogen) atoms. The minimum atomic E-state index is 0.127. The van der Waals surface area contributed by atoms with Crippen molar-refractivity contribution in [3.63, 3.8) is 0 Å². The Morgan fingerprint density at radius 3 is 2.71 bits per heavy atom. The maximum absolute atomic E-state index is 11.8. The van der Waals surface area contributed by atoms with Crippen molar-refractivity contribution in [1.29, 1.82) is 0 Å². The number of hydrogen-bond acceptors (Lipinski definition) is 4. The Morgan fingerprint density at radius 2 is 2.18 bits per heavy atom. The molecule has 5 nitrogen and oxygen atoms in total. The highest BCUT2D eigenvalue weighted by Crippen LogP contribution is 2.44. The fourth-order valence-corrected chi connectivity index (χ4v) is 2.75. The van der Waals surface area contributed by atoms with Crippen LogP contribution < -0.4 is 5.32 Å². The van der Waals surface area contributed by atoms with Gasteiger partial charge in [0, 0.05) is 6.04 Å². The molecule has 0 spiro atoms. The van der Waals surface area contributed by atoms with E-state index in [-0.39, 0.29) is 5.91 Å². The van der Waals surface area contributed by atoms with E-state index < -0.39 is 0 Å². The molecule has 2 aliphatic rings. The first-order valence-corrected chi connectivity index (χ1v) is 7.09. The highest BCUT2D eigenvalue weighted by atomic mass is 32.2. The molecule has 0 unspecified atom stereocenters. The summed E-state index contributed by atoms with van der Waals surface area (Å²) in [5.41, 5.74) is 0. The smallest absolute Gasteiger partial charge is 0.230 e. The van der Waals surface area contributed by atoms with Crippen LogP contribution in [0.25, 0.3) is 0 Å². The molecule has 0 aromatic carbocycles. The summed E-state index contributed by atoms with van der Waals surface area (Å²) >= 11 is 1.42. The van der Waals surface area contributed by atoms with Crippen LogP contribution in [0.1, 0.15) is 25.7 Å². The van der Waals surface area contributed by atoms with Crippen LogP contribution in [-0.2, 0) is 4.79 Å². The van der Waals surface area contributed by atoms with Gasteiger partial charge in [0.2, 0.25) is 5.91 Å². The Morgan fingerprint density at radius 1 is 1.47 bits per heavy atom. The van der Waals surface area contributed by atoms with Gasteiger partial charge in [0.1, 0.15) is 5.03 Å². The van der Waals surface area contributed by atoms with E-state index in [1.54, 1.807) is 6.20 Å². The van der Waals surface area contributed by atoms with Gasteiger partial charge in [-0.15, -0.1) is 5.10 Å². The van der Waals surface area contributed by atoms with Crippen molar-refractivity contribution in [2.45, 2.75) is 36.8 Å². The Balaban J connectivity index is 1.45. The Kier molecular flexibility index (Phi) is 3.05. The predicted octanol–water partition coefficient (Wildman–Crippen LogP) is 1.20. The maximum Gasteiger partial charge on any atom is 0.230 e. The molecule has 2 N–H and O–H groups in total. The first-order chi connectivity index (χ1) is 8.33. The summed E-state index contributed by atoms with van der Waals surface area (Å²) < 4.78 is 0. The average Bonchev–Trinajstić information content (AvgIpc) is 3.24. The van der Waals surface area contributed by atoms with Gasteiger partial charge in [-0.3, -0.25) is 4.79 Å². The lowest BCUT2D eigenvalue weighted by molar-refractivity contribution is -0.119. The number of carbonyl (C=O) groups is 1. The zero-order valence-corrected chi connectivity index (χ0v) is 10.4. The largest absolute Gasteiger partial charge is 0.352 e. The van der Waals surface area contributed by atoms with Gasteiger partial charge in [-0.1, -0.05) is 11.8 Å². The topological polar surface area (TPSA) is 70.7 Å². The molecule has 0 aliphatic heterocycles. The zero-order valence-electron chi connectivity index (χ0n) is 9.56. The lowest BCUT2D eigenvalue weighted by Gasteiger charge is -2.17. The summed E-state index contributed by atoms with van der Waals surface area (Å²) in [7, 11) is 0. The summed E-state index contributed by atoms with van der Waals surface area (Å²) in [6.45, 7) is 0. The molecule has 1 aromatic heterocycles. The van der Waals surface area contributed by atoms with E-state index in [9.17, 15) is 4.79 Å². The quantitative estimate of drug-likeness (QED) is 0.746. The highest BCUT2D eigenvalue weighted by Gasteiger charge is 2.42. The number of carbonyl (C=O) groups excluding carboxylic acids is 1. The van der Waals surface area contributed by atoms with Crippen molar-refractivity contribution in [3.8, 4) is 0 Å². The molecule has 2 saturated carbocycles. The average molecular weight is 252 g/mol. The SMILES string of the molecule is O=C(CSc1cn[nH]n1)NC(C1CC1)C1CC1. The van der Waals surface area contributed by atoms with Crippen LogP contribution in [0.15, 0.2) is 11.2 Å². The molecule has 0 saturated heterocycles. The molecule has 2 fully saturated rings. The number of aromatic amines is 1. The van der Waals surface area contributed by atoms with Crippen molar-refractivity contribution in [2.24, 2.45) is 11.8 Å². The molecular formula is C11H16N4OS. The van der Waals surface area contributed by atoms with Gasteiger partial charge in [0.25, 0.3) is 0 Å². The van der Waals surface area contributed by atoms with Gasteiger partial charge in [-0.2, -0.15) is 10.3 Å². The van der Waals surface area contributed by atoms with E-state index in [1.807, 2.05) is 0 Å². The normalized spacial score (nSPS) is 19.6. The third-order valence-electron chi connectivity index (χ3n) is 3.33. The predicted molar refractivity (Wildman–Crippen MR) is 64.5 cm³/mol. The van der Waals surface area contributed by atoms with Gasteiger partial charge in [0.15, 0.2) is 0 Å². The zero-order chi connectivity index (χ0) is 11.7. The third kappa shape index (κ3) is 3.00. The standard InChI is InChI=1S/C11H16N4OS/c16-9(6-17-10-5-12-15-14-10)13-11(7-1-2-7)8-3-4-8/h5,7-8,11H,1-4,6H2,(H,13,16)(H,12,14,15). The van der Waals surface area contributed by atoms with Crippen molar-refractivity contribution >= 4 is 17.7 Å². The van der Waals surface area contributed by atoms with Gasteiger partial charge in [-0.05, 0) is 37.5 Å². The van der Waals surface area contributed by atoms with Gasteiger partial charge >= 0.3 is 0 Å². The summed E-state index contributed by atoms with van der Waals surface area (Å²) in [5.74, 6) is 2.07. The Bertz CT molecular complexity index is 374. The second-order valence-corrected chi connectivity index (χ2v) is 5.86. The third-order valence-corrected chi connectivity index (χ3v) is 4.23. The maximum atomic E-state index is 11.8. The first kappa shape index (κ1) is 11.1. The number of aromatic nitrogens is 3. The lowest BCUT2D eigenvalue weighted by atomic mass is 10.1. The molecule has 6 heteroatoms. The van der Waals surface area contributed by atoms with Crippen LogP contribution >= 0.6 is 11.8 Å². The minimum Gasteiger partial charge on any atom is -0.352 e.